The van der Waals surface area contributed by atoms with Gasteiger partial charge in [-0.15, -0.1) is 0 Å². The maximum atomic E-state index is 5.77. The molecule has 0 aromatic carbocycles. The molecule has 1 saturated heterocycles. The van der Waals surface area contributed by atoms with Gasteiger partial charge in [-0.25, -0.2) is 4.99 Å². The van der Waals surface area contributed by atoms with Crippen LogP contribution < -0.4 is 11.1 Å². The molecule has 0 amide bonds. The van der Waals surface area contributed by atoms with Crippen molar-refractivity contribution in [3.05, 3.63) is 12.2 Å². The molecule has 1 aliphatic rings. The molecular weight excluding hydrogens is 224 g/mol. The Kier molecular flexibility index (Phi) is 6.80. The van der Waals surface area contributed by atoms with Crippen molar-refractivity contribution in [1.82, 2.24) is 10.2 Å². The summed E-state index contributed by atoms with van der Waals surface area (Å²) in [6, 6.07) is 0. The Morgan fingerprint density at radius 3 is 2.67 bits per heavy atom. The van der Waals surface area contributed by atoms with Crippen molar-refractivity contribution >= 4 is 5.96 Å². The highest BCUT2D eigenvalue weighted by molar-refractivity contribution is 5.77. The quantitative estimate of drug-likeness (QED) is 0.429. The molecule has 4 nitrogen and oxygen atoms in total. The van der Waals surface area contributed by atoms with Gasteiger partial charge >= 0.3 is 0 Å². The zero-order chi connectivity index (χ0) is 13.4. The normalized spacial score (nSPS) is 18.9. The highest BCUT2D eigenvalue weighted by Gasteiger charge is 2.17. The fourth-order valence-electron chi connectivity index (χ4n) is 2.27. The lowest BCUT2D eigenvalue weighted by Gasteiger charge is -2.31. The first-order valence-electron chi connectivity index (χ1n) is 7.02. The van der Waals surface area contributed by atoms with Gasteiger partial charge in [0.15, 0.2) is 5.96 Å². The number of nitrogens with two attached hydrogens (primary N) is 1. The van der Waals surface area contributed by atoms with Crippen molar-refractivity contribution in [3.63, 3.8) is 0 Å². The van der Waals surface area contributed by atoms with E-state index >= 15 is 0 Å². The minimum Gasteiger partial charge on any atom is -0.370 e. The third-order valence-corrected chi connectivity index (χ3v) is 3.53. The summed E-state index contributed by atoms with van der Waals surface area (Å²) in [6.07, 6.45) is 3.83. The Morgan fingerprint density at radius 1 is 1.44 bits per heavy atom. The van der Waals surface area contributed by atoms with Gasteiger partial charge in [-0.1, -0.05) is 19.1 Å². The van der Waals surface area contributed by atoms with Crippen molar-refractivity contribution in [2.75, 3.05) is 32.7 Å². The van der Waals surface area contributed by atoms with E-state index < -0.39 is 0 Å². The largest absolute Gasteiger partial charge is 0.370 e. The van der Waals surface area contributed by atoms with Crippen molar-refractivity contribution in [1.29, 1.82) is 0 Å². The molecule has 1 fully saturated rings. The van der Waals surface area contributed by atoms with Gasteiger partial charge in [0.1, 0.15) is 0 Å². The van der Waals surface area contributed by atoms with Crippen LogP contribution in [0.25, 0.3) is 0 Å². The van der Waals surface area contributed by atoms with Gasteiger partial charge in [0.05, 0.1) is 6.54 Å². The van der Waals surface area contributed by atoms with Crippen molar-refractivity contribution in [2.45, 2.75) is 33.1 Å². The summed E-state index contributed by atoms with van der Waals surface area (Å²) < 4.78 is 0. The molecule has 1 aliphatic heterocycles. The molecule has 1 rings (SSSR count). The summed E-state index contributed by atoms with van der Waals surface area (Å²) in [7, 11) is 0. The van der Waals surface area contributed by atoms with E-state index in [1.807, 2.05) is 6.92 Å². The minimum absolute atomic E-state index is 0.545. The number of aliphatic imine (C=N–C) groups is 1. The lowest BCUT2D eigenvalue weighted by molar-refractivity contribution is 0.187. The van der Waals surface area contributed by atoms with E-state index in [0.717, 1.165) is 18.0 Å². The van der Waals surface area contributed by atoms with Crippen LogP contribution in [0.5, 0.6) is 0 Å². The van der Waals surface area contributed by atoms with Crippen LogP contribution in [-0.2, 0) is 0 Å². The van der Waals surface area contributed by atoms with Gasteiger partial charge in [0.25, 0.3) is 0 Å². The van der Waals surface area contributed by atoms with Gasteiger partial charge < -0.3 is 16.0 Å². The van der Waals surface area contributed by atoms with Crippen LogP contribution in [0.4, 0.5) is 0 Å². The zero-order valence-electron chi connectivity index (χ0n) is 11.9. The second-order valence-electron chi connectivity index (χ2n) is 5.25. The van der Waals surface area contributed by atoms with Crippen LogP contribution >= 0.6 is 0 Å². The number of hydrogen-bond acceptors (Lipinski definition) is 2. The summed E-state index contributed by atoms with van der Waals surface area (Å²) in [5.74, 6) is 1.39. The van der Waals surface area contributed by atoms with Gasteiger partial charge in [0, 0.05) is 6.54 Å². The summed E-state index contributed by atoms with van der Waals surface area (Å²) in [5, 5.41) is 3.18. The first-order chi connectivity index (χ1) is 8.61. The molecule has 0 aliphatic carbocycles. The zero-order valence-corrected chi connectivity index (χ0v) is 11.9. The molecule has 0 bridgehead atoms. The molecule has 1 heterocycles. The fraction of sp³-hybridized carbons (Fsp3) is 0.786. The van der Waals surface area contributed by atoms with Gasteiger partial charge in [-0.2, -0.15) is 0 Å². The average Bonchev–Trinajstić information content (AvgIpc) is 2.37. The Balaban J connectivity index is 2.11. The SMILES string of the molecule is C=C(C)CN=C(N)NCCC1CCN(CC)CC1. The van der Waals surface area contributed by atoms with Crippen LogP contribution in [0.3, 0.4) is 0 Å². The third kappa shape index (κ3) is 6.05. The second kappa shape index (κ2) is 8.14. The molecule has 0 aromatic rings. The number of guanidine groups is 1. The topological polar surface area (TPSA) is 53.6 Å². The molecule has 104 valence electrons. The molecule has 18 heavy (non-hydrogen) atoms. The minimum atomic E-state index is 0.545. The van der Waals surface area contributed by atoms with Crippen molar-refractivity contribution in [2.24, 2.45) is 16.6 Å². The number of piperidine rings is 1. The standard InChI is InChI=1S/C14H28N4/c1-4-18-9-6-13(7-10-18)5-8-16-14(15)17-11-12(2)3/h13H,2,4-11H2,1,3H3,(H3,15,16,17). The van der Waals surface area contributed by atoms with Crippen LogP contribution in [0.15, 0.2) is 17.1 Å². The smallest absolute Gasteiger partial charge is 0.188 e. The predicted molar refractivity (Wildman–Crippen MR) is 78.8 cm³/mol. The van der Waals surface area contributed by atoms with Crippen LogP contribution in [0.2, 0.25) is 0 Å². The summed E-state index contributed by atoms with van der Waals surface area (Å²) in [5.41, 5.74) is 6.80. The molecular formula is C14H28N4. The van der Waals surface area contributed by atoms with Gasteiger partial charge in [-0.3, -0.25) is 0 Å². The Hall–Kier alpha value is -1.03. The molecule has 0 radical (unpaired) electrons. The van der Waals surface area contributed by atoms with E-state index in [1.54, 1.807) is 0 Å². The number of hydrogen-bond donors (Lipinski definition) is 2. The molecule has 4 heteroatoms. The molecule has 0 aromatic heterocycles. The maximum absolute atomic E-state index is 5.77. The Labute approximate surface area is 111 Å². The number of rotatable bonds is 6. The maximum Gasteiger partial charge on any atom is 0.188 e. The fourth-order valence-corrected chi connectivity index (χ4v) is 2.27. The molecule has 0 saturated carbocycles. The number of nitrogens with zero attached hydrogens (tertiary/aromatic N) is 2. The number of nitrogens with one attached hydrogen (secondary N) is 1. The molecule has 0 spiro atoms. The second-order valence-corrected chi connectivity index (χ2v) is 5.25. The third-order valence-electron chi connectivity index (χ3n) is 3.53. The Morgan fingerprint density at radius 2 is 2.11 bits per heavy atom. The summed E-state index contributed by atoms with van der Waals surface area (Å²) in [6.45, 7) is 13.2. The van der Waals surface area contributed by atoms with Crippen molar-refractivity contribution in [3.8, 4) is 0 Å². The van der Waals surface area contributed by atoms with E-state index in [2.05, 4.69) is 28.7 Å². The van der Waals surface area contributed by atoms with E-state index in [1.165, 1.54) is 38.9 Å². The van der Waals surface area contributed by atoms with E-state index in [0.29, 0.717) is 12.5 Å². The predicted octanol–water partition coefficient (Wildman–Crippen LogP) is 1.59. The van der Waals surface area contributed by atoms with Gasteiger partial charge in [0.2, 0.25) is 0 Å². The first-order valence-corrected chi connectivity index (χ1v) is 7.02. The average molecular weight is 252 g/mol. The molecule has 0 atom stereocenters. The number of likely N-dealkylation sites (tertiary alicyclic amines) is 1. The lowest BCUT2D eigenvalue weighted by Crippen LogP contribution is -2.36. The Bertz CT molecular complexity index is 278. The van der Waals surface area contributed by atoms with Crippen LogP contribution in [0, 0.1) is 5.92 Å². The summed E-state index contributed by atoms with van der Waals surface area (Å²) >= 11 is 0. The van der Waals surface area contributed by atoms with Crippen LogP contribution in [-0.4, -0.2) is 43.6 Å². The molecule has 0 unspecified atom stereocenters. The van der Waals surface area contributed by atoms with E-state index in [4.69, 9.17) is 5.73 Å². The summed E-state index contributed by atoms with van der Waals surface area (Å²) in [4.78, 5) is 6.73. The highest BCUT2D eigenvalue weighted by Crippen LogP contribution is 2.19. The molecule has 3 N–H and O–H groups in total. The lowest BCUT2D eigenvalue weighted by atomic mass is 9.93. The van der Waals surface area contributed by atoms with E-state index in [9.17, 15) is 0 Å². The highest BCUT2D eigenvalue weighted by atomic mass is 15.1. The van der Waals surface area contributed by atoms with Crippen LogP contribution in [0.1, 0.15) is 33.1 Å². The van der Waals surface area contributed by atoms with Crippen molar-refractivity contribution < 1.29 is 0 Å². The monoisotopic (exact) mass is 252 g/mol. The van der Waals surface area contributed by atoms with E-state index in [-0.39, 0.29) is 0 Å². The first kappa shape index (κ1) is 15.0. The van der Waals surface area contributed by atoms with Gasteiger partial charge in [-0.05, 0) is 51.7 Å².